The molecule has 2 aromatic carbocycles. The zero-order valence-corrected chi connectivity index (χ0v) is 18.5. The lowest BCUT2D eigenvalue weighted by molar-refractivity contribution is -0.140. The fourth-order valence-corrected chi connectivity index (χ4v) is 3.68. The number of aliphatic hydroxyl groups is 2. The summed E-state index contributed by atoms with van der Waals surface area (Å²) in [5.74, 6) is -1.28. The molecule has 1 atom stereocenters. The molecule has 0 saturated carbocycles. The molecule has 33 heavy (non-hydrogen) atoms. The maximum Gasteiger partial charge on any atom is 0.295 e. The topological polar surface area (TPSA) is 126 Å². The summed E-state index contributed by atoms with van der Waals surface area (Å²) < 4.78 is 15.9. The van der Waals surface area contributed by atoms with Crippen LogP contribution in [-0.2, 0) is 14.3 Å². The monoisotopic (exact) mass is 457 g/mol. The smallest absolute Gasteiger partial charge is 0.295 e. The third-order valence-corrected chi connectivity index (χ3v) is 5.21. The Hall–Kier alpha value is -3.56. The number of hydrogen-bond donors (Lipinski definition) is 3. The Morgan fingerprint density at radius 1 is 1.09 bits per heavy atom. The van der Waals surface area contributed by atoms with E-state index >= 15 is 0 Å². The van der Waals surface area contributed by atoms with Crippen LogP contribution in [0.1, 0.15) is 24.1 Å². The molecule has 0 unspecified atom stereocenters. The van der Waals surface area contributed by atoms with Gasteiger partial charge in [0.1, 0.15) is 11.5 Å². The summed E-state index contributed by atoms with van der Waals surface area (Å²) in [6.07, 6.45) is 0. The number of amides is 1. The Kier molecular flexibility index (Phi) is 7.92. The summed E-state index contributed by atoms with van der Waals surface area (Å²) in [5, 5.41) is 30.0. The van der Waals surface area contributed by atoms with Crippen LogP contribution in [0.15, 0.2) is 48.0 Å². The van der Waals surface area contributed by atoms with Crippen molar-refractivity contribution in [3.63, 3.8) is 0 Å². The molecule has 0 aliphatic carbocycles. The number of likely N-dealkylation sites (tertiary alicyclic amines) is 1. The SMILES string of the molecule is CCOc1ccc(C(O)=C2C(=O)C(=O)N(CCOCCO)[C@H]2c2ccc(O)c(OC)c2)cc1. The molecule has 176 valence electrons. The molecule has 0 spiro atoms. The van der Waals surface area contributed by atoms with E-state index in [-0.39, 0.29) is 49.2 Å². The number of nitrogens with zero attached hydrogens (tertiary/aromatic N) is 1. The van der Waals surface area contributed by atoms with E-state index in [2.05, 4.69) is 0 Å². The lowest BCUT2D eigenvalue weighted by atomic mass is 9.95. The Morgan fingerprint density at radius 2 is 1.82 bits per heavy atom. The fourth-order valence-electron chi connectivity index (χ4n) is 3.68. The molecule has 1 heterocycles. The number of rotatable bonds is 10. The van der Waals surface area contributed by atoms with Crippen molar-refractivity contribution in [1.29, 1.82) is 0 Å². The summed E-state index contributed by atoms with van der Waals surface area (Å²) in [7, 11) is 1.39. The van der Waals surface area contributed by atoms with Gasteiger partial charge in [0.2, 0.25) is 0 Å². The molecule has 2 aromatic rings. The highest BCUT2D eigenvalue weighted by Gasteiger charge is 2.46. The van der Waals surface area contributed by atoms with Gasteiger partial charge in [-0.05, 0) is 48.9 Å². The van der Waals surface area contributed by atoms with E-state index in [1.54, 1.807) is 30.3 Å². The lowest BCUT2D eigenvalue weighted by Gasteiger charge is -2.25. The first-order valence-electron chi connectivity index (χ1n) is 10.5. The van der Waals surface area contributed by atoms with Crippen molar-refractivity contribution in [2.45, 2.75) is 13.0 Å². The van der Waals surface area contributed by atoms with E-state index in [0.29, 0.717) is 23.5 Å². The van der Waals surface area contributed by atoms with Gasteiger partial charge in [-0.3, -0.25) is 9.59 Å². The average Bonchev–Trinajstić information content (AvgIpc) is 3.07. The molecule has 1 fully saturated rings. The van der Waals surface area contributed by atoms with Crippen LogP contribution in [0, 0.1) is 0 Å². The number of phenolic OH excluding ortho intramolecular Hbond substituents is 1. The van der Waals surface area contributed by atoms with Gasteiger partial charge in [0, 0.05) is 12.1 Å². The number of ketones is 1. The highest BCUT2D eigenvalue weighted by molar-refractivity contribution is 6.46. The molecule has 0 bridgehead atoms. The van der Waals surface area contributed by atoms with Gasteiger partial charge in [-0.1, -0.05) is 6.07 Å². The summed E-state index contributed by atoms with van der Waals surface area (Å²) in [6.45, 7) is 2.40. The van der Waals surface area contributed by atoms with Crippen LogP contribution < -0.4 is 9.47 Å². The highest BCUT2D eigenvalue weighted by atomic mass is 16.5. The number of aromatic hydroxyl groups is 1. The Balaban J connectivity index is 2.08. The second-order valence-corrected chi connectivity index (χ2v) is 7.22. The van der Waals surface area contributed by atoms with Gasteiger partial charge in [0.05, 0.1) is 45.2 Å². The minimum absolute atomic E-state index is 0.0541. The van der Waals surface area contributed by atoms with Gasteiger partial charge in [0.15, 0.2) is 11.5 Å². The van der Waals surface area contributed by atoms with Crippen LogP contribution in [0.5, 0.6) is 17.2 Å². The second-order valence-electron chi connectivity index (χ2n) is 7.22. The normalized spacial score (nSPS) is 17.4. The molecule has 0 radical (unpaired) electrons. The van der Waals surface area contributed by atoms with Crippen LogP contribution in [0.25, 0.3) is 5.76 Å². The molecular formula is C24H27NO8. The van der Waals surface area contributed by atoms with Crippen LogP contribution in [0.4, 0.5) is 0 Å². The largest absolute Gasteiger partial charge is 0.507 e. The van der Waals surface area contributed by atoms with E-state index in [1.165, 1.54) is 24.1 Å². The first-order chi connectivity index (χ1) is 15.9. The summed E-state index contributed by atoms with van der Waals surface area (Å²) >= 11 is 0. The number of benzene rings is 2. The summed E-state index contributed by atoms with van der Waals surface area (Å²) in [4.78, 5) is 27.2. The van der Waals surface area contributed by atoms with E-state index in [1.807, 2.05) is 6.92 Å². The Morgan fingerprint density at radius 3 is 2.45 bits per heavy atom. The predicted octanol–water partition coefficient (Wildman–Crippen LogP) is 2.23. The quantitative estimate of drug-likeness (QED) is 0.215. The standard InChI is InChI=1S/C24H27NO8/c1-3-33-17-7-4-15(5-8-17)22(28)20-21(16-6-9-18(27)19(14-16)31-2)25(24(30)23(20)29)10-12-32-13-11-26/h4-9,14,21,26-28H,3,10-13H2,1-2H3/t21-/m0/s1. The molecule has 3 N–H and O–H groups in total. The predicted molar refractivity (Wildman–Crippen MR) is 119 cm³/mol. The number of Topliss-reactive ketones (excluding diaryl/α,β-unsaturated/α-hetero) is 1. The lowest BCUT2D eigenvalue weighted by Crippen LogP contribution is -2.33. The molecule has 9 heteroatoms. The molecule has 3 rings (SSSR count). The van der Waals surface area contributed by atoms with Crippen LogP contribution in [-0.4, -0.2) is 72.0 Å². The number of aliphatic hydroxyl groups excluding tert-OH is 2. The van der Waals surface area contributed by atoms with Gasteiger partial charge in [-0.2, -0.15) is 0 Å². The molecule has 0 aromatic heterocycles. The third kappa shape index (κ3) is 5.10. The van der Waals surface area contributed by atoms with E-state index < -0.39 is 17.7 Å². The van der Waals surface area contributed by atoms with Crippen molar-refractivity contribution in [2.24, 2.45) is 0 Å². The number of carbonyl (C=O) groups excluding carboxylic acids is 2. The van der Waals surface area contributed by atoms with Gasteiger partial charge in [-0.15, -0.1) is 0 Å². The zero-order chi connectivity index (χ0) is 24.0. The number of carbonyl (C=O) groups is 2. The minimum Gasteiger partial charge on any atom is -0.507 e. The van der Waals surface area contributed by atoms with Crippen molar-refractivity contribution in [2.75, 3.05) is 40.1 Å². The average molecular weight is 457 g/mol. The first kappa shape index (κ1) is 24.1. The molecule has 1 amide bonds. The summed E-state index contributed by atoms with van der Waals surface area (Å²) in [6, 6.07) is 10.1. The number of hydrogen-bond acceptors (Lipinski definition) is 8. The molecule has 1 aliphatic rings. The van der Waals surface area contributed by atoms with Crippen molar-refractivity contribution >= 4 is 17.4 Å². The van der Waals surface area contributed by atoms with Crippen LogP contribution >= 0.6 is 0 Å². The Labute approximate surface area is 191 Å². The van der Waals surface area contributed by atoms with Gasteiger partial charge in [0.25, 0.3) is 11.7 Å². The van der Waals surface area contributed by atoms with Crippen LogP contribution in [0.3, 0.4) is 0 Å². The maximum atomic E-state index is 13.0. The molecular weight excluding hydrogens is 430 g/mol. The molecule has 1 saturated heterocycles. The van der Waals surface area contributed by atoms with Crippen molar-refractivity contribution in [1.82, 2.24) is 4.90 Å². The van der Waals surface area contributed by atoms with Gasteiger partial charge < -0.3 is 34.4 Å². The first-order valence-corrected chi connectivity index (χ1v) is 10.5. The van der Waals surface area contributed by atoms with E-state index in [9.17, 15) is 19.8 Å². The minimum atomic E-state index is -0.927. The Bertz CT molecular complexity index is 1030. The van der Waals surface area contributed by atoms with Gasteiger partial charge >= 0.3 is 0 Å². The number of phenols is 1. The van der Waals surface area contributed by atoms with Gasteiger partial charge in [-0.25, -0.2) is 0 Å². The van der Waals surface area contributed by atoms with Crippen molar-refractivity contribution < 1.29 is 39.1 Å². The molecule has 1 aliphatic heterocycles. The van der Waals surface area contributed by atoms with E-state index in [4.69, 9.17) is 19.3 Å². The summed E-state index contributed by atoms with van der Waals surface area (Å²) in [5.41, 5.74) is 0.737. The van der Waals surface area contributed by atoms with Crippen molar-refractivity contribution in [3.05, 3.63) is 59.2 Å². The van der Waals surface area contributed by atoms with Crippen LogP contribution in [0.2, 0.25) is 0 Å². The van der Waals surface area contributed by atoms with Crippen molar-refractivity contribution in [3.8, 4) is 17.2 Å². The molecule has 9 nitrogen and oxygen atoms in total. The highest BCUT2D eigenvalue weighted by Crippen LogP contribution is 2.41. The van der Waals surface area contributed by atoms with E-state index in [0.717, 1.165) is 0 Å². The third-order valence-electron chi connectivity index (χ3n) is 5.21. The maximum absolute atomic E-state index is 13.0. The number of ether oxygens (including phenoxy) is 3. The fraction of sp³-hybridized carbons (Fsp3) is 0.333. The zero-order valence-electron chi connectivity index (χ0n) is 18.5. The number of methoxy groups -OCH3 is 1. The second kappa shape index (κ2) is 10.8.